The summed E-state index contributed by atoms with van der Waals surface area (Å²) < 4.78 is 1.83. The van der Waals surface area contributed by atoms with E-state index >= 15 is 0 Å². The Morgan fingerprint density at radius 2 is 2.19 bits per heavy atom. The Balaban J connectivity index is 1.72. The van der Waals surface area contributed by atoms with Crippen molar-refractivity contribution >= 4 is 22.4 Å². The Morgan fingerprint density at radius 1 is 1.29 bits per heavy atom. The molecule has 1 aromatic carbocycles. The molecule has 7 nitrogen and oxygen atoms in total. The molecule has 0 radical (unpaired) electrons. The van der Waals surface area contributed by atoms with Crippen molar-refractivity contribution in [2.24, 2.45) is 0 Å². The van der Waals surface area contributed by atoms with Crippen LogP contribution in [-0.2, 0) is 6.54 Å². The Labute approximate surface area is 120 Å². The lowest BCUT2D eigenvalue weighted by molar-refractivity contribution is -0.384. The Kier molecular flexibility index (Phi) is 3.46. The fraction of sp³-hybridized carbons (Fsp3) is 0.143. The number of nitrogens with one attached hydrogen (secondary N) is 1. The molecule has 106 valence electrons. The van der Waals surface area contributed by atoms with Gasteiger partial charge in [0.15, 0.2) is 0 Å². The lowest BCUT2D eigenvalue weighted by Gasteiger charge is -2.07. The summed E-state index contributed by atoms with van der Waals surface area (Å²) in [6.07, 6.45) is 3.63. The zero-order valence-corrected chi connectivity index (χ0v) is 11.1. The standard InChI is InChI=1S/C14H13N5O2/c20-19(21)12-3-4-13-11(10-12)2-5-14(17-13)15-7-9-18-8-1-6-16-18/h1-6,8,10H,7,9H2,(H,15,17). The number of fused-ring (bicyclic) bond motifs is 1. The van der Waals surface area contributed by atoms with Crippen LogP contribution in [0, 0.1) is 10.1 Å². The van der Waals surface area contributed by atoms with Crippen molar-refractivity contribution in [3.8, 4) is 0 Å². The van der Waals surface area contributed by atoms with E-state index in [1.807, 2.05) is 29.1 Å². The van der Waals surface area contributed by atoms with Crippen LogP contribution in [0.2, 0.25) is 0 Å². The van der Waals surface area contributed by atoms with E-state index in [0.717, 1.165) is 23.3 Å². The highest BCUT2D eigenvalue weighted by Crippen LogP contribution is 2.20. The van der Waals surface area contributed by atoms with Crippen LogP contribution >= 0.6 is 0 Å². The van der Waals surface area contributed by atoms with Gasteiger partial charge in [-0.3, -0.25) is 14.8 Å². The van der Waals surface area contributed by atoms with Crippen molar-refractivity contribution in [2.45, 2.75) is 6.54 Å². The van der Waals surface area contributed by atoms with Crippen LogP contribution in [-0.4, -0.2) is 26.2 Å². The van der Waals surface area contributed by atoms with Crippen molar-refractivity contribution in [3.05, 3.63) is 58.9 Å². The van der Waals surface area contributed by atoms with E-state index in [-0.39, 0.29) is 5.69 Å². The zero-order valence-electron chi connectivity index (χ0n) is 11.1. The molecule has 2 heterocycles. The first kappa shape index (κ1) is 13.0. The molecule has 0 atom stereocenters. The van der Waals surface area contributed by atoms with Gasteiger partial charge in [-0.2, -0.15) is 5.10 Å². The predicted molar refractivity (Wildman–Crippen MR) is 79.1 cm³/mol. The third kappa shape index (κ3) is 2.97. The van der Waals surface area contributed by atoms with E-state index < -0.39 is 4.92 Å². The van der Waals surface area contributed by atoms with E-state index in [4.69, 9.17) is 0 Å². The van der Waals surface area contributed by atoms with Gasteiger partial charge in [0.2, 0.25) is 0 Å². The molecule has 7 heteroatoms. The fourth-order valence-corrected chi connectivity index (χ4v) is 2.06. The van der Waals surface area contributed by atoms with Gasteiger partial charge in [0.1, 0.15) is 5.82 Å². The number of nitro benzene ring substituents is 1. The Hall–Kier alpha value is -2.96. The zero-order chi connectivity index (χ0) is 14.7. The third-order valence-electron chi connectivity index (χ3n) is 3.09. The molecule has 0 bridgehead atoms. The first-order valence-corrected chi connectivity index (χ1v) is 6.49. The summed E-state index contributed by atoms with van der Waals surface area (Å²) in [7, 11) is 0. The molecule has 2 aromatic heterocycles. The SMILES string of the molecule is O=[N+]([O-])c1ccc2nc(NCCn3cccn3)ccc2c1. The second kappa shape index (κ2) is 5.58. The second-order valence-corrected chi connectivity index (χ2v) is 4.53. The minimum absolute atomic E-state index is 0.0729. The van der Waals surface area contributed by atoms with Gasteiger partial charge in [0.05, 0.1) is 17.0 Å². The van der Waals surface area contributed by atoms with E-state index in [2.05, 4.69) is 15.4 Å². The maximum absolute atomic E-state index is 10.7. The molecule has 0 aliphatic heterocycles. The van der Waals surface area contributed by atoms with Gasteiger partial charge in [-0.25, -0.2) is 4.98 Å². The molecule has 0 saturated carbocycles. The van der Waals surface area contributed by atoms with Crippen LogP contribution in [0.1, 0.15) is 0 Å². The predicted octanol–water partition coefficient (Wildman–Crippen LogP) is 2.45. The highest BCUT2D eigenvalue weighted by Gasteiger charge is 2.07. The van der Waals surface area contributed by atoms with Crippen molar-refractivity contribution in [2.75, 3.05) is 11.9 Å². The highest BCUT2D eigenvalue weighted by molar-refractivity contribution is 5.82. The average Bonchev–Trinajstić information content (AvgIpc) is 3.00. The third-order valence-corrected chi connectivity index (χ3v) is 3.09. The molecule has 0 spiro atoms. The molecule has 0 aliphatic rings. The van der Waals surface area contributed by atoms with E-state index in [9.17, 15) is 10.1 Å². The normalized spacial score (nSPS) is 10.7. The van der Waals surface area contributed by atoms with Gasteiger partial charge in [-0.05, 0) is 24.3 Å². The molecule has 0 unspecified atom stereocenters. The fourth-order valence-electron chi connectivity index (χ4n) is 2.06. The molecule has 21 heavy (non-hydrogen) atoms. The minimum Gasteiger partial charge on any atom is -0.368 e. The monoisotopic (exact) mass is 283 g/mol. The number of anilines is 1. The lowest BCUT2D eigenvalue weighted by atomic mass is 10.2. The van der Waals surface area contributed by atoms with Gasteiger partial charge in [0.25, 0.3) is 5.69 Å². The molecule has 0 saturated heterocycles. The summed E-state index contributed by atoms with van der Waals surface area (Å²) in [6.45, 7) is 1.44. The first-order chi connectivity index (χ1) is 10.2. The largest absolute Gasteiger partial charge is 0.368 e. The highest BCUT2D eigenvalue weighted by atomic mass is 16.6. The van der Waals surface area contributed by atoms with Crippen molar-refractivity contribution in [1.29, 1.82) is 0 Å². The summed E-state index contributed by atoms with van der Waals surface area (Å²) in [6, 6.07) is 10.2. The van der Waals surface area contributed by atoms with Crippen LogP contribution in [0.15, 0.2) is 48.8 Å². The minimum atomic E-state index is -0.407. The first-order valence-electron chi connectivity index (χ1n) is 6.49. The molecular weight excluding hydrogens is 270 g/mol. The number of pyridine rings is 1. The number of benzene rings is 1. The number of hydrogen-bond acceptors (Lipinski definition) is 5. The number of hydrogen-bond donors (Lipinski definition) is 1. The van der Waals surface area contributed by atoms with Gasteiger partial charge in [-0.15, -0.1) is 0 Å². The molecule has 3 aromatic rings. The molecule has 0 amide bonds. The van der Waals surface area contributed by atoms with Crippen LogP contribution < -0.4 is 5.32 Å². The molecular formula is C14H13N5O2. The Bertz CT molecular complexity index is 770. The van der Waals surface area contributed by atoms with Gasteiger partial charge in [-0.1, -0.05) is 0 Å². The number of rotatable bonds is 5. The maximum atomic E-state index is 10.7. The molecule has 1 N–H and O–H groups in total. The molecule has 0 aliphatic carbocycles. The maximum Gasteiger partial charge on any atom is 0.270 e. The average molecular weight is 283 g/mol. The number of nitrogens with zero attached hydrogens (tertiary/aromatic N) is 4. The smallest absolute Gasteiger partial charge is 0.270 e. The molecule has 3 rings (SSSR count). The second-order valence-electron chi connectivity index (χ2n) is 4.53. The van der Waals surface area contributed by atoms with Crippen LogP contribution in [0.4, 0.5) is 11.5 Å². The lowest BCUT2D eigenvalue weighted by Crippen LogP contribution is -2.11. The summed E-state index contributed by atoms with van der Waals surface area (Å²) in [5, 5.41) is 18.8. The quantitative estimate of drug-likeness (QED) is 0.574. The Morgan fingerprint density at radius 3 is 2.95 bits per heavy atom. The van der Waals surface area contributed by atoms with E-state index in [1.165, 1.54) is 12.1 Å². The summed E-state index contributed by atoms with van der Waals surface area (Å²) in [5.74, 6) is 0.739. The number of aromatic nitrogens is 3. The van der Waals surface area contributed by atoms with Crippen molar-refractivity contribution in [1.82, 2.24) is 14.8 Å². The topological polar surface area (TPSA) is 85.9 Å². The molecule has 0 fully saturated rings. The van der Waals surface area contributed by atoms with Gasteiger partial charge >= 0.3 is 0 Å². The number of nitro groups is 1. The summed E-state index contributed by atoms with van der Waals surface area (Å²) >= 11 is 0. The summed E-state index contributed by atoms with van der Waals surface area (Å²) in [5.41, 5.74) is 0.799. The van der Waals surface area contributed by atoms with E-state index in [0.29, 0.717) is 6.54 Å². The van der Waals surface area contributed by atoms with Crippen LogP contribution in [0.3, 0.4) is 0 Å². The van der Waals surface area contributed by atoms with Gasteiger partial charge in [0, 0.05) is 36.5 Å². The number of non-ortho nitro benzene ring substituents is 1. The van der Waals surface area contributed by atoms with E-state index in [1.54, 1.807) is 12.3 Å². The van der Waals surface area contributed by atoms with Crippen molar-refractivity contribution in [3.63, 3.8) is 0 Å². The summed E-state index contributed by atoms with van der Waals surface area (Å²) in [4.78, 5) is 14.8. The van der Waals surface area contributed by atoms with Crippen LogP contribution in [0.5, 0.6) is 0 Å². The van der Waals surface area contributed by atoms with Crippen LogP contribution in [0.25, 0.3) is 10.9 Å². The van der Waals surface area contributed by atoms with Crippen molar-refractivity contribution < 1.29 is 4.92 Å². The van der Waals surface area contributed by atoms with Gasteiger partial charge < -0.3 is 5.32 Å².